The van der Waals surface area contributed by atoms with E-state index in [2.05, 4.69) is 17.0 Å². The van der Waals surface area contributed by atoms with Gasteiger partial charge in [-0.15, -0.1) is 0 Å². The highest BCUT2D eigenvalue weighted by atomic mass is 19.1. The summed E-state index contributed by atoms with van der Waals surface area (Å²) in [7, 11) is 0. The second-order valence-corrected chi connectivity index (χ2v) is 8.67. The molecule has 0 aliphatic carbocycles. The number of aryl methyl sites for hydroxylation is 2. The van der Waals surface area contributed by atoms with E-state index in [1.807, 2.05) is 32.0 Å². The van der Waals surface area contributed by atoms with Gasteiger partial charge in [0.2, 0.25) is 0 Å². The molecule has 0 bridgehead atoms. The first kappa shape index (κ1) is 23.8. The maximum atomic E-state index is 14.8. The van der Waals surface area contributed by atoms with Crippen LogP contribution in [0.15, 0.2) is 64.7 Å². The molecule has 2 heterocycles. The van der Waals surface area contributed by atoms with Crippen molar-refractivity contribution in [3.63, 3.8) is 0 Å². The molecule has 0 unspecified atom stereocenters. The summed E-state index contributed by atoms with van der Waals surface area (Å²) in [6, 6.07) is 12.2. The number of nitrogens with zero attached hydrogens (tertiary/aromatic N) is 3. The Balaban J connectivity index is 1.77. The van der Waals surface area contributed by atoms with Crippen LogP contribution in [0.2, 0.25) is 0 Å². The Morgan fingerprint density at radius 1 is 1.06 bits per heavy atom. The smallest absolute Gasteiger partial charge is 0.255 e. The third-order valence-corrected chi connectivity index (χ3v) is 6.33. The van der Waals surface area contributed by atoms with Gasteiger partial charge in [-0.1, -0.05) is 30.3 Å². The zero-order valence-corrected chi connectivity index (χ0v) is 19.7. The number of oxime groups is 1. The molecule has 178 valence electrons. The lowest BCUT2D eigenvalue weighted by molar-refractivity contribution is 0.0121. The minimum absolute atomic E-state index is 0.0918. The van der Waals surface area contributed by atoms with Crippen LogP contribution in [0.25, 0.3) is 5.69 Å². The first-order valence-electron chi connectivity index (χ1n) is 11.6. The van der Waals surface area contributed by atoms with Crippen LogP contribution in [-0.2, 0) is 4.84 Å². The molecule has 1 fully saturated rings. The molecule has 1 saturated heterocycles. The Kier molecular flexibility index (Phi) is 7.22. The summed E-state index contributed by atoms with van der Waals surface area (Å²) < 4.78 is 30.0. The van der Waals surface area contributed by atoms with Crippen LogP contribution in [-0.4, -0.2) is 40.9 Å². The number of pyridine rings is 1. The number of benzene rings is 2. The van der Waals surface area contributed by atoms with Crippen molar-refractivity contribution in [2.45, 2.75) is 39.7 Å². The number of rotatable bonds is 6. The fraction of sp³-hybridized carbons (Fsp3) is 0.333. The Bertz CT molecular complexity index is 1240. The number of piperidine rings is 1. The zero-order chi connectivity index (χ0) is 24.2. The third kappa shape index (κ3) is 5.09. The molecular formula is C27H29F2N3O2. The fourth-order valence-corrected chi connectivity index (χ4v) is 4.38. The molecule has 7 heteroatoms. The van der Waals surface area contributed by atoms with Crippen molar-refractivity contribution in [3.8, 4) is 5.69 Å². The Labute approximate surface area is 198 Å². The van der Waals surface area contributed by atoms with E-state index in [1.54, 1.807) is 12.3 Å². The van der Waals surface area contributed by atoms with Crippen molar-refractivity contribution in [3.05, 3.63) is 99.0 Å². The van der Waals surface area contributed by atoms with Gasteiger partial charge in [-0.3, -0.25) is 9.36 Å². The molecule has 2 aromatic carbocycles. The molecule has 0 atom stereocenters. The molecular weight excluding hydrogens is 436 g/mol. The molecule has 0 N–H and O–H groups in total. The molecule has 1 aliphatic heterocycles. The lowest BCUT2D eigenvalue weighted by Gasteiger charge is -2.29. The summed E-state index contributed by atoms with van der Waals surface area (Å²) in [5, 5.41) is 4.36. The van der Waals surface area contributed by atoms with Crippen LogP contribution >= 0.6 is 0 Å². The minimum Gasteiger partial charge on any atom is -0.392 e. The van der Waals surface area contributed by atoms with Gasteiger partial charge in [0.25, 0.3) is 5.56 Å². The van der Waals surface area contributed by atoms with Crippen molar-refractivity contribution in [1.82, 2.24) is 9.47 Å². The maximum absolute atomic E-state index is 14.8. The van der Waals surface area contributed by atoms with Crippen LogP contribution in [0.1, 0.15) is 42.0 Å². The van der Waals surface area contributed by atoms with E-state index in [0.29, 0.717) is 5.56 Å². The fourth-order valence-electron chi connectivity index (χ4n) is 4.38. The van der Waals surface area contributed by atoms with Gasteiger partial charge >= 0.3 is 0 Å². The van der Waals surface area contributed by atoms with Gasteiger partial charge in [-0.25, -0.2) is 8.78 Å². The first-order valence-corrected chi connectivity index (χ1v) is 11.6. The van der Waals surface area contributed by atoms with Crippen molar-refractivity contribution in [2.75, 3.05) is 19.6 Å². The Morgan fingerprint density at radius 3 is 2.41 bits per heavy atom. The number of aromatic nitrogens is 1. The molecule has 4 rings (SSSR count). The summed E-state index contributed by atoms with van der Waals surface area (Å²) in [6.07, 6.45) is 3.19. The van der Waals surface area contributed by atoms with E-state index in [0.717, 1.165) is 55.4 Å². The quantitative estimate of drug-likeness (QED) is 0.381. The Hall–Kier alpha value is -3.32. The van der Waals surface area contributed by atoms with Gasteiger partial charge in [-0.2, -0.15) is 0 Å². The van der Waals surface area contributed by atoms with E-state index < -0.39 is 11.6 Å². The van der Waals surface area contributed by atoms with E-state index in [4.69, 9.17) is 4.84 Å². The minimum atomic E-state index is -0.743. The second-order valence-electron chi connectivity index (χ2n) is 8.67. The van der Waals surface area contributed by atoms with E-state index in [-0.39, 0.29) is 22.9 Å². The van der Waals surface area contributed by atoms with Crippen LogP contribution in [0.3, 0.4) is 0 Å². The average molecular weight is 466 g/mol. The summed E-state index contributed by atoms with van der Waals surface area (Å²) in [6.45, 7) is 8.80. The van der Waals surface area contributed by atoms with Gasteiger partial charge in [0, 0.05) is 42.5 Å². The van der Waals surface area contributed by atoms with E-state index >= 15 is 0 Å². The number of para-hydroxylation sites is 1. The molecule has 0 radical (unpaired) electrons. The molecule has 5 nitrogen and oxygen atoms in total. The van der Waals surface area contributed by atoms with Gasteiger partial charge < -0.3 is 9.74 Å². The highest BCUT2D eigenvalue weighted by Gasteiger charge is 2.21. The number of hydrogen-bond donors (Lipinski definition) is 0. The lowest BCUT2D eigenvalue weighted by Crippen LogP contribution is -2.36. The molecule has 0 amide bonds. The van der Waals surface area contributed by atoms with Crippen molar-refractivity contribution < 1.29 is 13.6 Å². The van der Waals surface area contributed by atoms with Crippen molar-refractivity contribution >= 4 is 5.71 Å². The standard InChI is InChI=1S/C27H29F2N3O2/c1-4-31-14-12-22(13-15-31)34-30-26(23-10-9-21(28)16-24(23)29)20-8-11-25(33)32(17-20)27-18(2)6-5-7-19(27)3/h5-11,16-17,22H,4,12-15H2,1-3H3. The largest absolute Gasteiger partial charge is 0.392 e. The first-order chi connectivity index (χ1) is 16.4. The summed E-state index contributed by atoms with van der Waals surface area (Å²) >= 11 is 0. The highest BCUT2D eigenvalue weighted by Crippen LogP contribution is 2.21. The lowest BCUT2D eigenvalue weighted by atomic mass is 10.0. The van der Waals surface area contributed by atoms with Gasteiger partial charge in [0.1, 0.15) is 23.5 Å². The van der Waals surface area contributed by atoms with E-state index in [9.17, 15) is 13.6 Å². The summed E-state index contributed by atoms with van der Waals surface area (Å²) in [5.41, 5.74) is 3.25. The van der Waals surface area contributed by atoms with Gasteiger partial charge in [-0.05, 0) is 62.6 Å². The molecule has 34 heavy (non-hydrogen) atoms. The third-order valence-electron chi connectivity index (χ3n) is 6.33. The predicted molar refractivity (Wildman–Crippen MR) is 130 cm³/mol. The normalized spacial score (nSPS) is 15.5. The number of hydrogen-bond acceptors (Lipinski definition) is 4. The van der Waals surface area contributed by atoms with Gasteiger partial charge in [0.15, 0.2) is 0 Å². The van der Waals surface area contributed by atoms with Crippen LogP contribution in [0, 0.1) is 25.5 Å². The second kappa shape index (κ2) is 10.3. The molecule has 3 aromatic rings. The molecule has 1 aromatic heterocycles. The SMILES string of the molecule is CCN1CCC(ON=C(c2ccc(=O)n(-c3c(C)cccc3C)c2)c2ccc(F)cc2F)CC1. The predicted octanol–water partition coefficient (Wildman–Crippen LogP) is 4.99. The topological polar surface area (TPSA) is 46.8 Å². The number of likely N-dealkylation sites (tertiary alicyclic amines) is 1. The van der Waals surface area contributed by atoms with E-state index in [1.165, 1.54) is 22.8 Å². The molecule has 0 saturated carbocycles. The van der Waals surface area contributed by atoms with Gasteiger partial charge in [0.05, 0.1) is 5.69 Å². The van der Waals surface area contributed by atoms with Crippen LogP contribution in [0.5, 0.6) is 0 Å². The zero-order valence-electron chi connectivity index (χ0n) is 19.7. The van der Waals surface area contributed by atoms with Crippen molar-refractivity contribution in [2.24, 2.45) is 5.16 Å². The molecule has 0 spiro atoms. The van der Waals surface area contributed by atoms with Crippen LogP contribution < -0.4 is 5.56 Å². The summed E-state index contributed by atoms with van der Waals surface area (Å²) in [4.78, 5) is 21.0. The summed E-state index contributed by atoms with van der Waals surface area (Å²) in [5.74, 6) is -1.41. The monoisotopic (exact) mass is 465 g/mol. The highest BCUT2D eigenvalue weighted by molar-refractivity contribution is 6.12. The number of halogens is 2. The average Bonchev–Trinajstić information content (AvgIpc) is 2.82. The van der Waals surface area contributed by atoms with Crippen molar-refractivity contribution in [1.29, 1.82) is 0 Å². The Morgan fingerprint density at radius 2 is 1.76 bits per heavy atom. The maximum Gasteiger partial charge on any atom is 0.255 e. The molecule has 1 aliphatic rings. The van der Waals surface area contributed by atoms with Crippen LogP contribution in [0.4, 0.5) is 8.78 Å².